The van der Waals surface area contributed by atoms with Gasteiger partial charge in [-0.05, 0) is 71.8 Å². The van der Waals surface area contributed by atoms with Gasteiger partial charge in [0.15, 0.2) is 0 Å². The van der Waals surface area contributed by atoms with Crippen LogP contribution in [-0.4, -0.2) is 21.3 Å². The minimum Gasteiger partial charge on any atom is -0.508 e. The lowest BCUT2D eigenvalue weighted by molar-refractivity contribution is -0.142. The van der Waals surface area contributed by atoms with Crippen LogP contribution in [0.2, 0.25) is 0 Å². The van der Waals surface area contributed by atoms with Crippen LogP contribution in [0.15, 0.2) is 48.5 Å². The number of rotatable bonds is 16. The number of aromatic hydroxyl groups is 2. The molecule has 37 heavy (non-hydrogen) atoms. The van der Waals surface area contributed by atoms with Gasteiger partial charge in [-0.25, -0.2) is 4.39 Å². The molecule has 3 aromatic rings. The zero-order valence-corrected chi connectivity index (χ0v) is 22.0. The standard InChI is InChI=1S/C32H41FO4/c1-2-3-12-23(32(36)37)13-10-8-6-4-5-7-9-11-14-28-27-19-16-25(34)21-24(27)15-18-29(28)30-20-17-26(35)22-31(30)33/h15-23,34-35H,2-14H2,1H3,(H,36,37). The average Bonchev–Trinajstić information content (AvgIpc) is 2.86. The van der Waals surface area contributed by atoms with Crippen LogP contribution in [0.1, 0.15) is 89.5 Å². The fraction of sp³-hybridized carbons (Fsp3) is 0.469. The first-order chi connectivity index (χ1) is 17.9. The molecule has 0 heterocycles. The summed E-state index contributed by atoms with van der Waals surface area (Å²) in [5.74, 6) is -1.15. The number of halogens is 1. The molecule has 5 heteroatoms. The normalized spacial score (nSPS) is 12.2. The summed E-state index contributed by atoms with van der Waals surface area (Å²) in [6.07, 6.45) is 13.2. The van der Waals surface area contributed by atoms with Gasteiger partial charge in [0.2, 0.25) is 0 Å². The number of aryl methyl sites for hydroxylation is 1. The van der Waals surface area contributed by atoms with Crippen LogP contribution < -0.4 is 0 Å². The molecule has 0 saturated heterocycles. The van der Waals surface area contributed by atoms with E-state index in [1.165, 1.54) is 18.9 Å². The maximum atomic E-state index is 14.7. The molecule has 0 radical (unpaired) electrons. The topological polar surface area (TPSA) is 77.8 Å². The lowest BCUT2D eigenvalue weighted by Gasteiger charge is -2.15. The number of hydrogen-bond acceptors (Lipinski definition) is 3. The Hall–Kier alpha value is -3.08. The summed E-state index contributed by atoms with van der Waals surface area (Å²) in [5.41, 5.74) is 2.37. The Kier molecular flexibility index (Phi) is 11.2. The first kappa shape index (κ1) is 28.5. The van der Waals surface area contributed by atoms with Crippen molar-refractivity contribution in [1.82, 2.24) is 0 Å². The van der Waals surface area contributed by atoms with E-state index in [0.29, 0.717) is 5.56 Å². The second-order valence-corrected chi connectivity index (χ2v) is 10.2. The van der Waals surface area contributed by atoms with Gasteiger partial charge in [0, 0.05) is 11.6 Å². The molecule has 0 aliphatic heterocycles. The fourth-order valence-corrected chi connectivity index (χ4v) is 5.22. The Bertz CT molecular complexity index is 1160. The molecule has 0 saturated carbocycles. The molecule has 0 aliphatic carbocycles. The Morgan fingerprint density at radius 1 is 0.757 bits per heavy atom. The monoisotopic (exact) mass is 508 g/mol. The summed E-state index contributed by atoms with van der Waals surface area (Å²) in [5, 5.41) is 30.8. The minimum absolute atomic E-state index is 0.0910. The number of hydrogen-bond donors (Lipinski definition) is 3. The molecule has 1 unspecified atom stereocenters. The van der Waals surface area contributed by atoms with E-state index < -0.39 is 11.8 Å². The van der Waals surface area contributed by atoms with Crippen LogP contribution in [0.4, 0.5) is 4.39 Å². The zero-order valence-electron chi connectivity index (χ0n) is 22.0. The van der Waals surface area contributed by atoms with Gasteiger partial charge in [-0.2, -0.15) is 0 Å². The van der Waals surface area contributed by atoms with E-state index in [4.69, 9.17) is 0 Å². The van der Waals surface area contributed by atoms with Crippen LogP contribution >= 0.6 is 0 Å². The second-order valence-electron chi connectivity index (χ2n) is 10.2. The van der Waals surface area contributed by atoms with Gasteiger partial charge >= 0.3 is 5.97 Å². The number of aliphatic carboxylic acids is 1. The summed E-state index contributed by atoms with van der Waals surface area (Å²) in [6, 6.07) is 13.4. The van der Waals surface area contributed by atoms with E-state index in [1.54, 1.807) is 18.2 Å². The molecule has 0 amide bonds. The van der Waals surface area contributed by atoms with Gasteiger partial charge in [-0.3, -0.25) is 4.79 Å². The molecule has 4 nitrogen and oxygen atoms in total. The predicted octanol–water partition coefficient (Wildman–Crippen LogP) is 9.00. The number of unbranched alkanes of at least 4 members (excludes halogenated alkanes) is 8. The van der Waals surface area contributed by atoms with Crippen LogP contribution in [-0.2, 0) is 11.2 Å². The van der Waals surface area contributed by atoms with E-state index in [2.05, 4.69) is 6.92 Å². The van der Waals surface area contributed by atoms with Crippen molar-refractivity contribution < 1.29 is 24.5 Å². The molecule has 0 spiro atoms. The highest BCUT2D eigenvalue weighted by atomic mass is 19.1. The number of fused-ring (bicyclic) bond motifs is 1. The summed E-state index contributed by atoms with van der Waals surface area (Å²) in [4.78, 5) is 11.4. The lowest BCUT2D eigenvalue weighted by atomic mass is 9.90. The Morgan fingerprint density at radius 2 is 1.35 bits per heavy atom. The molecule has 1 atom stereocenters. The largest absolute Gasteiger partial charge is 0.508 e. The number of phenolic OH excluding ortho intramolecular Hbond substituents is 2. The van der Waals surface area contributed by atoms with Crippen LogP contribution in [0.3, 0.4) is 0 Å². The third-order valence-corrected chi connectivity index (χ3v) is 7.34. The van der Waals surface area contributed by atoms with Crippen molar-refractivity contribution in [3.63, 3.8) is 0 Å². The first-order valence-corrected chi connectivity index (χ1v) is 13.9. The van der Waals surface area contributed by atoms with E-state index in [-0.39, 0.29) is 17.4 Å². The third-order valence-electron chi connectivity index (χ3n) is 7.34. The van der Waals surface area contributed by atoms with Gasteiger partial charge in [0.1, 0.15) is 17.3 Å². The summed E-state index contributed by atoms with van der Waals surface area (Å²) >= 11 is 0. The fourth-order valence-electron chi connectivity index (χ4n) is 5.22. The average molecular weight is 509 g/mol. The Morgan fingerprint density at radius 3 is 2.03 bits per heavy atom. The van der Waals surface area contributed by atoms with Gasteiger partial charge < -0.3 is 15.3 Å². The van der Waals surface area contributed by atoms with E-state index in [9.17, 15) is 24.5 Å². The molecule has 0 bridgehead atoms. The number of phenols is 2. The smallest absolute Gasteiger partial charge is 0.306 e. The predicted molar refractivity (Wildman–Crippen MR) is 149 cm³/mol. The van der Waals surface area contributed by atoms with E-state index in [0.717, 1.165) is 98.6 Å². The van der Waals surface area contributed by atoms with Crippen molar-refractivity contribution in [3.8, 4) is 22.6 Å². The van der Waals surface area contributed by atoms with Gasteiger partial charge in [-0.1, -0.05) is 82.9 Å². The number of carboxylic acid groups (broad SMARTS) is 1. The highest BCUT2D eigenvalue weighted by Crippen LogP contribution is 2.35. The molecule has 3 rings (SSSR count). The van der Waals surface area contributed by atoms with Crippen molar-refractivity contribution >= 4 is 16.7 Å². The highest BCUT2D eigenvalue weighted by Gasteiger charge is 2.16. The lowest BCUT2D eigenvalue weighted by Crippen LogP contribution is -2.13. The van der Waals surface area contributed by atoms with Crippen LogP contribution in [0, 0.1) is 11.7 Å². The Balaban J connectivity index is 1.49. The van der Waals surface area contributed by atoms with Gasteiger partial charge in [0.25, 0.3) is 0 Å². The maximum Gasteiger partial charge on any atom is 0.306 e. The Labute approximate surface area is 220 Å². The summed E-state index contributed by atoms with van der Waals surface area (Å²) in [7, 11) is 0. The maximum absolute atomic E-state index is 14.7. The minimum atomic E-state index is -0.646. The first-order valence-electron chi connectivity index (χ1n) is 13.9. The molecule has 3 aromatic carbocycles. The van der Waals surface area contributed by atoms with E-state index >= 15 is 0 Å². The number of carboxylic acids is 1. The van der Waals surface area contributed by atoms with Crippen molar-refractivity contribution in [2.75, 3.05) is 0 Å². The van der Waals surface area contributed by atoms with Crippen molar-refractivity contribution in [2.45, 2.75) is 90.4 Å². The zero-order chi connectivity index (χ0) is 26.6. The van der Waals surface area contributed by atoms with Crippen molar-refractivity contribution in [3.05, 3.63) is 59.9 Å². The van der Waals surface area contributed by atoms with Crippen molar-refractivity contribution in [1.29, 1.82) is 0 Å². The van der Waals surface area contributed by atoms with E-state index in [1.807, 2.05) is 18.2 Å². The molecule has 0 aliphatic rings. The molecular formula is C32H41FO4. The second kappa shape index (κ2) is 14.6. The molecular weight excluding hydrogens is 467 g/mol. The van der Waals surface area contributed by atoms with Gasteiger partial charge in [0.05, 0.1) is 5.92 Å². The summed E-state index contributed by atoms with van der Waals surface area (Å²) < 4.78 is 14.7. The molecule has 3 N–H and O–H groups in total. The van der Waals surface area contributed by atoms with Crippen LogP contribution in [0.5, 0.6) is 11.5 Å². The van der Waals surface area contributed by atoms with Crippen LogP contribution in [0.25, 0.3) is 21.9 Å². The number of carbonyl (C=O) groups is 1. The number of benzene rings is 3. The van der Waals surface area contributed by atoms with Gasteiger partial charge in [-0.15, -0.1) is 0 Å². The molecule has 200 valence electrons. The van der Waals surface area contributed by atoms with Crippen molar-refractivity contribution in [2.24, 2.45) is 5.92 Å². The quantitative estimate of drug-likeness (QED) is 0.169. The third kappa shape index (κ3) is 8.48. The highest BCUT2D eigenvalue weighted by molar-refractivity contribution is 5.92. The molecule has 0 aromatic heterocycles. The molecule has 0 fully saturated rings. The SMILES string of the molecule is CCCCC(CCCCCCCCCCc1c(-c2ccc(O)cc2F)ccc2cc(O)ccc12)C(=O)O. The summed E-state index contributed by atoms with van der Waals surface area (Å²) in [6.45, 7) is 2.10.